The van der Waals surface area contributed by atoms with Crippen molar-refractivity contribution in [2.45, 2.75) is 37.8 Å². The highest BCUT2D eigenvalue weighted by molar-refractivity contribution is 7.89. The smallest absolute Gasteiger partial charge is 0.293 e. The highest BCUT2D eigenvalue weighted by Gasteiger charge is 2.26. The van der Waals surface area contributed by atoms with Gasteiger partial charge in [0.1, 0.15) is 5.69 Å². The van der Waals surface area contributed by atoms with Gasteiger partial charge < -0.3 is 4.90 Å². The van der Waals surface area contributed by atoms with E-state index < -0.39 is 20.5 Å². The van der Waals surface area contributed by atoms with Gasteiger partial charge in [-0.15, -0.1) is 0 Å². The number of hydrogen-bond donors (Lipinski definition) is 1. The van der Waals surface area contributed by atoms with E-state index in [0.717, 1.165) is 11.6 Å². The van der Waals surface area contributed by atoms with Crippen LogP contribution in [0.3, 0.4) is 0 Å². The number of anilines is 1. The van der Waals surface area contributed by atoms with Crippen LogP contribution in [0.25, 0.3) is 0 Å². The number of nitro groups is 1. The number of nitrogens with zero attached hydrogens (tertiary/aromatic N) is 4. The molecule has 0 fully saturated rings. The Balaban J connectivity index is 2.38. The summed E-state index contributed by atoms with van der Waals surface area (Å²) in [7, 11) is -0.367. The van der Waals surface area contributed by atoms with Crippen molar-refractivity contribution in [2.75, 3.05) is 11.9 Å². The van der Waals surface area contributed by atoms with Crippen molar-refractivity contribution in [1.29, 1.82) is 0 Å². The van der Waals surface area contributed by atoms with Gasteiger partial charge in [-0.05, 0) is 32.9 Å². The fraction of sp³-hybridized carbons (Fsp3) is 0.438. The minimum Gasteiger partial charge on any atom is -0.365 e. The number of sulfonamides is 1. The molecule has 0 aliphatic rings. The topological polar surface area (TPSA) is 110 Å². The van der Waals surface area contributed by atoms with E-state index in [1.807, 2.05) is 6.20 Å². The average Bonchev–Trinajstić information content (AvgIpc) is 2.89. The monoisotopic (exact) mass is 381 g/mol. The van der Waals surface area contributed by atoms with Crippen LogP contribution in [0.15, 0.2) is 35.5 Å². The van der Waals surface area contributed by atoms with Gasteiger partial charge in [-0.2, -0.15) is 5.10 Å². The molecule has 2 rings (SSSR count). The summed E-state index contributed by atoms with van der Waals surface area (Å²) < 4.78 is 29.0. The molecule has 0 spiro atoms. The molecule has 0 radical (unpaired) electrons. The molecule has 0 bridgehead atoms. The van der Waals surface area contributed by atoms with Gasteiger partial charge in [0.15, 0.2) is 0 Å². The maximum atomic E-state index is 12.4. The van der Waals surface area contributed by atoms with E-state index in [-0.39, 0.29) is 10.6 Å². The predicted molar refractivity (Wildman–Crippen MR) is 98.5 cm³/mol. The molecule has 10 heteroatoms. The summed E-state index contributed by atoms with van der Waals surface area (Å²) in [6, 6.07) is 3.91. The lowest BCUT2D eigenvalue weighted by molar-refractivity contribution is -0.384. The van der Waals surface area contributed by atoms with Crippen molar-refractivity contribution in [3.05, 3.63) is 46.3 Å². The van der Waals surface area contributed by atoms with E-state index in [1.165, 1.54) is 12.1 Å². The van der Waals surface area contributed by atoms with Crippen molar-refractivity contribution in [3.63, 3.8) is 0 Å². The van der Waals surface area contributed by atoms with E-state index >= 15 is 0 Å². The highest BCUT2D eigenvalue weighted by Crippen LogP contribution is 2.31. The molecule has 0 amide bonds. The quantitative estimate of drug-likeness (QED) is 0.606. The van der Waals surface area contributed by atoms with Gasteiger partial charge in [0.2, 0.25) is 10.0 Å². The van der Waals surface area contributed by atoms with Crippen molar-refractivity contribution in [2.24, 2.45) is 7.05 Å². The second-order valence-corrected chi connectivity index (χ2v) is 8.82. The summed E-state index contributed by atoms with van der Waals surface area (Å²) in [6.07, 6.45) is 3.49. The van der Waals surface area contributed by atoms with Gasteiger partial charge >= 0.3 is 0 Å². The van der Waals surface area contributed by atoms with Gasteiger partial charge in [-0.1, -0.05) is 0 Å². The van der Waals surface area contributed by atoms with Crippen molar-refractivity contribution < 1.29 is 13.3 Å². The molecule has 0 saturated heterocycles. The molecule has 2 aromatic rings. The number of aryl methyl sites for hydroxylation is 1. The van der Waals surface area contributed by atoms with Crippen LogP contribution >= 0.6 is 0 Å². The summed E-state index contributed by atoms with van der Waals surface area (Å²) >= 11 is 0. The Morgan fingerprint density at radius 3 is 2.50 bits per heavy atom. The lowest BCUT2D eigenvalue weighted by Crippen LogP contribution is -2.40. The summed E-state index contributed by atoms with van der Waals surface area (Å²) in [5.74, 6) is 0. The van der Waals surface area contributed by atoms with Crippen LogP contribution in [0.1, 0.15) is 26.3 Å². The molecule has 0 aliphatic heterocycles. The first-order chi connectivity index (χ1) is 11.9. The van der Waals surface area contributed by atoms with Crippen LogP contribution in [-0.4, -0.2) is 35.7 Å². The van der Waals surface area contributed by atoms with E-state index in [2.05, 4.69) is 9.82 Å². The number of aromatic nitrogens is 2. The second kappa shape index (κ2) is 7.04. The Morgan fingerprint density at radius 1 is 1.35 bits per heavy atom. The summed E-state index contributed by atoms with van der Waals surface area (Å²) in [6.45, 7) is 5.51. The van der Waals surface area contributed by atoms with Gasteiger partial charge in [-0.25, -0.2) is 13.1 Å². The zero-order chi connectivity index (χ0) is 19.7. The van der Waals surface area contributed by atoms with Gasteiger partial charge in [0, 0.05) is 44.0 Å². The first-order valence-electron chi connectivity index (χ1n) is 7.90. The summed E-state index contributed by atoms with van der Waals surface area (Å²) in [4.78, 5) is 12.5. The highest BCUT2D eigenvalue weighted by atomic mass is 32.2. The number of nitro benzene ring substituents is 1. The number of hydrogen-bond acceptors (Lipinski definition) is 6. The van der Waals surface area contributed by atoms with Crippen molar-refractivity contribution in [3.8, 4) is 0 Å². The van der Waals surface area contributed by atoms with Crippen LogP contribution in [0, 0.1) is 10.1 Å². The van der Waals surface area contributed by atoms with Crippen molar-refractivity contribution in [1.82, 2.24) is 14.5 Å². The van der Waals surface area contributed by atoms with E-state index in [9.17, 15) is 18.5 Å². The zero-order valence-electron chi connectivity index (χ0n) is 15.4. The summed E-state index contributed by atoms with van der Waals surface area (Å²) in [5, 5.41) is 15.6. The van der Waals surface area contributed by atoms with Crippen LogP contribution in [-0.2, 0) is 23.6 Å². The Bertz CT molecular complexity index is 915. The Kier molecular flexibility index (Phi) is 5.38. The lowest BCUT2D eigenvalue weighted by atomic mass is 10.1. The Morgan fingerprint density at radius 2 is 2.00 bits per heavy atom. The van der Waals surface area contributed by atoms with Crippen LogP contribution in [0.2, 0.25) is 0 Å². The first kappa shape index (κ1) is 19.9. The van der Waals surface area contributed by atoms with Gasteiger partial charge in [0.25, 0.3) is 5.69 Å². The standard InChI is InChI=1S/C16H23N5O4S/c1-16(2,3)18-26(24,25)13-6-7-14(15(8-13)21(22)23)19(4)10-12-9-17-20(5)11-12/h6-9,11,18H,10H2,1-5H3. The number of nitrogens with one attached hydrogen (secondary N) is 1. The molecule has 0 saturated carbocycles. The third-order valence-electron chi connectivity index (χ3n) is 3.48. The second-order valence-electron chi connectivity index (χ2n) is 7.14. The SMILES string of the molecule is CN(Cc1cnn(C)c1)c1ccc(S(=O)(=O)NC(C)(C)C)cc1[N+](=O)[O-]. The van der Waals surface area contributed by atoms with E-state index in [4.69, 9.17) is 0 Å². The number of benzene rings is 1. The molecular weight excluding hydrogens is 358 g/mol. The fourth-order valence-electron chi connectivity index (χ4n) is 2.51. The number of rotatable bonds is 6. The van der Waals surface area contributed by atoms with E-state index in [1.54, 1.807) is 50.6 Å². The summed E-state index contributed by atoms with van der Waals surface area (Å²) in [5.41, 5.74) is 0.251. The maximum Gasteiger partial charge on any atom is 0.293 e. The molecule has 1 heterocycles. The molecule has 142 valence electrons. The molecule has 0 unspecified atom stereocenters. The first-order valence-corrected chi connectivity index (χ1v) is 9.38. The van der Waals surface area contributed by atoms with Crippen molar-refractivity contribution >= 4 is 21.4 Å². The van der Waals surface area contributed by atoms with Crippen LogP contribution in [0.4, 0.5) is 11.4 Å². The van der Waals surface area contributed by atoms with Gasteiger partial charge in [-0.3, -0.25) is 14.8 Å². The average molecular weight is 381 g/mol. The third-order valence-corrected chi connectivity index (χ3v) is 5.24. The van der Waals surface area contributed by atoms with Crippen LogP contribution in [0.5, 0.6) is 0 Å². The minimum atomic E-state index is -3.86. The maximum absolute atomic E-state index is 12.4. The molecule has 0 aliphatic carbocycles. The van der Waals surface area contributed by atoms with Gasteiger partial charge in [0.05, 0.1) is 16.0 Å². The molecule has 26 heavy (non-hydrogen) atoms. The molecule has 1 N–H and O–H groups in total. The molecule has 9 nitrogen and oxygen atoms in total. The Labute approximate surface area is 152 Å². The molecular formula is C16H23N5O4S. The zero-order valence-corrected chi connectivity index (χ0v) is 16.2. The molecule has 1 aromatic carbocycles. The van der Waals surface area contributed by atoms with Crippen LogP contribution < -0.4 is 9.62 Å². The predicted octanol–water partition coefficient (Wildman–Crippen LogP) is 2.04. The largest absolute Gasteiger partial charge is 0.365 e. The fourth-order valence-corrected chi connectivity index (χ4v) is 3.95. The third kappa shape index (κ3) is 4.79. The minimum absolute atomic E-state index is 0.141. The Hall–Kier alpha value is -2.46. The normalized spacial score (nSPS) is 12.2. The lowest BCUT2D eigenvalue weighted by Gasteiger charge is -2.21. The van der Waals surface area contributed by atoms with E-state index in [0.29, 0.717) is 12.2 Å². The molecule has 0 atom stereocenters. The molecule has 1 aromatic heterocycles.